The van der Waals surface area contributed by atoms with Gasteiger partial charge >= 0.3 is 0 Å². The number of aryl methyl sites for hydroxylation is 1. The van der Waals surface area contributed by atoms with Crippen molar-refractivity contribution in [3.05, 3.63) is 18.2 Å². The highest BCUT2D eigenvalue weighted by molar-refractivity contribution is 4.97. The Bertz CT molecular complexity index is 329. The summed E-state index contributed by atoms with van der Waals surface area (Å²) in [4.78, 5) is 4.35. The number of nitrogens with zero attached hydrogens (tertiary/aromatic N) is 2. The first-order chi connectivity index (χ1) is 8.02. The van der Waals surface area contributed by atoms with E-state index in [1.54, 1.807) is 0 Å². The topological polar surface area (TPSA) is 64.1 Å². The van der Waals surface area contributed by atoms with Gasteiger partial charge in [0.05, 0.1) is 5.60 Å². The highest BCUT2D eigenvalue weighted by Gasteiger charge is 2.21. The summed E-state index contributed by atoms with van der Waals surface area (Å²) in [6.07, 6.45) is 6.23. The molecule has 98 valence electrons. The minimum Gasteiger partial charge on any atom is -0.389 e. The molecule has 0 aliphatic carbocycles. The van der Waals surface area contributed by atoms with Gasteiger partial charge in [0.25, 0.3) is 0 Å². The minimum absolute atomic E-state index is 0.338. The summed E-state index contributed by atoms with van der Waals surface area (Å²) in [6.45, 7) is 7.49. The first-order valence-corrected chi connectivity index (χ1v) is 6.46. The Balaban J connectivity index is 2.48. The van der Waals surface area contributed by atoms with Crippen molar-refractivity contribution in [1.82, 2.24) is 9.55 Å². The van der Waals surface area contributed by atoms with Gasteiger partial charge in [-0.2, -0.15) is 0 Å². The van der Waals surface area contributed by atoms with Gasteiger partial charge in [-0.15, -0.1) is 0 Å². The molecule has 1 aromatic rings. The fraction of sp³-hybridized carbons (Fsp3) is 0.769. The van der Waals surface area contributed by atoms with Crippen LogP contribution in [-0.2, 0) is 6.54 Å². The lowest BCUT2D eigenvalue weighted by Crippen LogP contribution is -2.37. The van der Waals surface area contributed by atoms with Crippen molar-refractivity contribution in [1.29, 1.82) is 0 Å². The molecule has 0 aromatic carbocycles. The summed E-state index contributed by atoms with van der Waals surface area (Å²) >= 11 is 0. The van der Waals surface area contributed by atoms with Crippen LogP contribution in [0.2, 0.25) is 0 Å². The molecule has 0 amide bonds. The van der Waals surface area contributed by atoms with Crippen molar-refractivity contribution in [2.24, 2.45) is 5.73 Å². The second-order valence-corrected chi connectivity index (χ2v) is 5.02. The molecule has 1 aromatic heterocycles. The molecule has 1 heterocycles. The molecule has 0 aliphatic heterocycles. The molecular weight excluding hydrogens is 214 g/mol. The van der Waals surface area contributed by atoms with E-state index in [9.17, 15) is 5.11 Å². The molecule has 0 fully saturated rings. The van der Waals surface area contributed by atoms with Gasteiger partial charge in [-0.3, -0.25) is 0 Å². The average molecular weight is 239 g/mol. The van der Waals surface area contributed by atoms with Crippen molar-refractivity contribution in [3.63, 3.8) is 0 Å². The van der Waals surface area contributed by atoms with E-state index in [0.717, 1.165) is 25.2 Å². The molecule has 0 saturated carbocycles. The Labute approximate surface area is 104 Å². The zero-order chi connectivity index (χ0) is 12.9. The standard InChI is InChI=1S/C13H25N3O/c1-4-13(17,10-14)6-5-8-16-9-7-15-12(16)11(2)3/h7,9,11,17H,4-6,8,10,14H2,1-3H3. The normalized spacial score (nSPS) is 15.2. The lowest BCUT2D eigenvalue weighted by molar-refractivity contribution is 0.0333. The molecule has 1 rings (SSSR count). The van der Waals surface area contributed by atoms with E-state index in [-0.39, 0.29) is 0 Å². The summed E-state index contributed by atoms with van der Waals surface area (Å²) in [5.41, 5.74) is 4.89. The van der Waals surface area contributed by atoms with Crippen LogP contribution in [0.3, 0.4) is 0 Å². The Kier molecular flexibility index (Phi) is 5.15. The van der Waals surface area contributed by atoms with Gasteiger partial charge in [0.2, 0.25) is 0 Å². The molecule has 0 aliphatic rings. The van der Waals surface area contributed by atoms with Crippen LogP contribution in [0.4, 0.5) is 0 Å². The first kappa shape index (κ1) is 14.2. The molecule has 4 heteroatoms. The maximum atomic E-state index is 10.1. The van der Waals surface area contributed by atoms with Crippen LogP contribution in [0.5, 0.6) is 0 Å². The molecule has 0 spiro atoms. The predicted octanol–water partition coefficient (Wildman–Crippen LogP) is 1.89. The largest absolute Gasteiger partial charge is 0.389 e. The number of aliphatic hydroxyl groups is 1. The Morgan fingerprint density at radius 1 is 1.53 bits per heavy atom. The van der Waals surface area contributed by atoms with Crippen LogP contribution < -0.4 is 5.73 Å². The second-order valence-electron chi connectivity index (χ2n) is 5.02. The highest BCUT2D eigenvalue weighted by atomic mass is 16.3. The van der Waals surface area contributed by atoms with E-state index in [1.807, 2.05) is 19.3 Å². The van der Waals surface area contributed by atoms with Crippen LogP contribution in [0.25, 0.3) is 0 Å². The summed E-state index contributed by atoms with van der Waals surface area (Å²) in [7, 11) is 0. The average Bonchev–Trinajstić information content (AvgIpc) is 2.77. The van der Waals surface area contributed by atoms with Crippen molar-refractivity contribution >= 4 is 0 Å². The Morgan fingerprint density at radius 2 is 2.24 bits per heavy atom. The summed E-state index contributed by atoms with van der Waals surface area (Å²) in [5, 5.41) is 10.1. The summed E-state index contributed by atoms with van der Waals surface area (Å²) in [5.74, 6) is 1.54. The molecule has 4 nitrogen and oxygen atoms in total. The van der Waals surface area contributed by atoms with E-state index < -0.39 is 5.60 Å². The zero-order valence-electron chi connectivity index (χ0n) is 11.2. The molecule has 17 heavy (non-hydrogen) atoms. The van der Waals surface area contributed by atoms with Gasteiger partial charge in [-0.05, 0) is 19.3 Å². The Hall–Kier alpha value is -0.870. The van der Waals surface area contributed by atoms with E-state index in [4.69, 9.17) is 5.73 Å². The third-order valence-electron chi connectivity index (χ3n) is 3.34. The predicted molar refractivity (Wildman–Crippen MR) is 69.8 cm³/mol. The molecule has 0 bridgehead atoms. The lowest BCUT2D eigenvalue weighted by atomic mass is 9.95. The number of nitrogens with two attached hydrogens (primary N) is 1. The lowest BCUT2D eigenvalue weighted by Gasteiger charge is -2.25. The molecular formula is C13H25N3O. The quantitative estimate of drug-likeness (QED) is 0.763. The molecule has 0 saturated heterocycles. The first-order valence-electron chi connectivity index (χ1n) is 6.46. The van der Waals surface area contributed by atoms with Gasteiger partial charge < -0.3 is 15.4 Å². The van der Waals surface area contributed by atoms with Gasteiger partial charge in [0.1, 0.15) is 5.82 Å². The number of hydrogen-bond acceptors (Lipinski definition) is 3. The monoisotopic (exact) mass is 239 g/mol. The smallest absolute Gasteiger partial charge is 0.111 e. The van der Waals surface area contributed by atoms with Gasteiger partial charge in [-0.25, -0.2) is 4.98 Å². The van der Waals surface area contributed by atoms with Crippen molar-refractivity contribution in [2.75, 3.05) is 6.54 Å². The van der Waals surface area contributed by atoms with Gasteiger partial charge in [0, 0.05) is 31.4 Å². The number of hydrogen-bond donors (Lipinski definition) is 2. The molecule has 1 unspecified atom stereocenters. The maximum absolute atomic E-state index is 10.1. The van der Waals surface area contributed by atoms with Crippen LogP contribution in [-0.4, -0.2) is 26.8 Å². The highest BCUT2D eigenvalue weighted by Crippen LogP contribution is 2.18. The molecule has 1 atom stereocenters. The van der Waals surface area contributed by atoms with E-state index >= 15 is 0 Å². The number of imidazole rings is 1. The third kappa shape index (κ3) is 3.82. The van der Waals surface area contributed by atoms with Crippen LogP contribution in [0.1, 0.15) is 51.8 Å². The zero-order valence-corrected chi connectivity index (χ0v) is 11.2. The minimum atomic E-state index is -0.696. The second kappa shape index (κ2) is 6.17. The summed E-state index contributed by atoms with van der Waals surface area (Å²) in [6, 6.07) is 0. The van der Waals surface area contributed by atoms with Gasteiger partial charge in [0.15, 0.2) is 0 Å². The van der Waals surface area contributed by atoms with Crippen LogP contribution in [0, 0.1) is 0 Å². The molecule has 0 radical (unpaired) electrons. The molecule has 3 N–H and O–H groups in total. The van der Waals surface area contributed by atoms with Crippen LogP contribution >= 0.6 is 0 Å². The van der Waals surface area contributed by atoms with E-state index in [1.165, 1.54) is 0 Å². The van der Waals surface area contributed by atoms with Crippen molar-refractivity contribution in [2.45, 2.75) is 58.1 Å². The van der Waals surface area contributed by atoms with Crippen molar-refractivity contribution in [3.8, 4) is 0 Å². The Morgan fingerprint density at radius 3 is 2.76 bits per heavy atom. The van der Waals surface area contributed by atoms with Gasteiger partial charge in [-0.1, -0.05) is 20.8 Å². The van der Waals surface area contributed by atoms with E-state index in [0.29, 0.717) is 18.9 Å². The maximum Gasteiger partial charge on any atom is 0.111 e. The number of aromatic nitrogens is 2. The number of rotatable bonds is 7. The van der Waals surface area contributed by atoms with Crippen LogP contribution in [0.15, 0.2) is 12.4 Å². The fourth-order valence-electron chi connectivity index (χ4n) is 2.01. The SMILES string of the molecule is CCC(O)(CN)CCCn1ccnc1C(C)C. The fourth-order valence-corrected chi connectivity index (χ4v) is 2.01. The van der Waals surface area contributed by atoms with Crippen molar-refractivity contribution < 1.29 is 5.11 Å². The summed E-state index contributed by atoms with van der Waals surface area (Å²) < 4.78 is 2.16. The third-order valence-corrected chi connectivity index (χ3v) is 3.34. The van der Waals surface area contributed by atoms with E-state index in [2.05, 4.69) is 23.4 Å².